The van der Waals surface area contributed by atoms with Crippen molar-refractivity contribution in [3.05, 3.63) is 57.8 Å². The van der Waals surface area contributed by atoms with E-state index in [1.54, 1.807) is 0 Å². The monoisotopic (exact) mass is 476 g/mol. The lowest BCUT2D eigenvalue weighted by Gasteiger charge is -2.16. The van der Waals surface area contributed by atoms with Gasteiger partial charge < -0.3 is 15.0 Å². The third kappa shape index (κ3) is 5.05. The van der Waals surface area contributed by atoms with Crippen LogP contribution in [0.25, 0.3) is 0 Å². The van der Waals surface area contributed by atoms with E-state index in [1.165, 1.54) is 29.2 Å². The van der Waals surface area contributed by atoms with Crippen LogP contribution in [0.15, 0.2) is 40.9 Å². The van der Waals surface area contributed by atoms with Gasteiger partial charge in [0.1, 0.15) is 5.82 Å². The van der Waals surface area contributed by atoms with E-state index in [1.807, 2.05) is 26.0 Å². The number of ether oxygens (including phenoxy) is 1. The van der Waals surface area contributed by atoms with Crippen molar-refractivity contribution in [3.8, 4) is 0 Å². The standard InChI is InChI=1S/C22H22BrFN2O4/c1-3-14-9-16(23)8-13(2)21(14)25-19(27)12-30-22(29)15-10-20(28)26(11-15)18-6-4-17(24)5-7-18/h4-9,15H,3,10-12H2,1-2H3,(H,25,27). The fraction of sp³-hybridized carbons (Fsp3) is 0.318. The Labute approximate surface area is 182 Å². The fourth-order valence-corrected chi connectivity index (χ4v) is 4.06. The van der Waals surface area contributed by atoms with Crippen LogP contribution in [-0.2, 0) is 25.5 Å². The summed E-state index contributed by atoms with van der Waals surface area (Å²) in [7, 11) is 0. The summed E-state index contributed by atoms with van der Waals surface area (Å²) in [5.74, 6) is -2.36. The first-order valence-electron chi connectivity index (χ1n) is 9.60. The Morgan fingerprint density at radius 3 is 2.63 bits per heavy atom. The maximum Gasteiger partial charge on any atom is 0.311 e. The summed E-state index contributed by atoms with van der Waals surface area (Å²) in [6.07, 6.45) is 0.725. The highest BCUT2D eigenvalue weighted by molar-refractivity contribution is 9.10. The molecule has 1 aliphatic rings. The van der Waals surface area contributed by atoms with Crippen LogP contribution in [0.3, 0.4) is 0 Å². The zero-order valence-electron chi connectivity index (χ0n) is 16.7. The highest BCUT2D eigenvalue weighted by atomic mass is 79.9. The molecule has 0 spiro atoms. The summed E-state index contributed by atoms with van der Waals surface area (Å²) in [6.45, 7) is 3.58. The van der Waals surface area contributed by atoms with Crippen molar-refractivity contribution >= 4 is 45.1 Å². The molecule has 1 N–H and O–H groups in total. The van der Waals surface area contributed by atoms with E-state index < -0.39 is 30.2 Å². The van der Waals surface area contributed by atoms with E-state index in [4.69, 9.17) is 4.74 Å². The van der Waals surface area contributed by atoms with Crippen LogP contribution in [0.4, 0.5) is 15.8 Å². The molecule has 0 aromatic heterocycles. The molecule has 2 aromatic rings. The largest absolute Gasteiger partial charge is 0.455 e. The molecule has 1 heterocycles. The molecule has 2 aromatic carbocycles. The number of benzene rings is 2. The Morgan fingerprint density at radius 2 is 1.97 bits per heavy atom. The molecule has 8 heteroatoms. The molecule has 30 heavy (non-hydrogen) atoms. The van der Waals surface area contributed by atoms with Gasteiger partial charge in [0.2, 0.25) is 5.91 Å². The summed E-state index contributed by atoms with van der Waals surface area (Å²) in [5.41, 5.74) is 3.10. The van der Waals surface area contributed by atoms with E-state index in [2.05, 4.69) is 21.2 Å². The lowest BCUT2D eigenvalue weighted by atomic mass is 10.1. The zero-order valence-corrected chi connectivity index (χ0v) is 18.3. The molecule has 0 bridgehead atoms. The molecule has 3 rings (SSSR count). The van der Waals surface area contributed by atoms with Crippen LogP contribution in [0.5, 0.6) is 0 Å². The van der Waals surface area contributed by atoms with Gasteiger partial charge in [0.15, 0.2) is 6.61 Å². The molecule has 1 unspecified atom stereocenters. The van der Waals surface area contributed by atoms with Gasteiger partial charge in [0, 0.05) is 28.8 Å². The van der Waals surface area contributed by atoms with Gasteiger partial charge in [-0.3, -0.25) is 14.4 Å². The lowest BCUT2D eigenvalue weighted by Crippen LogP contribution is -2.28. The SMILES string of the molecule is CCc1cc(Br)cc(C)c1NC(=O)COC(=O)C1CC(=O)N(c2ccc(F)cc2)C1. The number of aryl methyl sites for hydroxylation is 2. The molecule has 1 fully saturated rings. The Morgan fingerprint density at radius 1 is 1.27 bits per heavy atom. The predicted octanol–water partition coefficient (Wildman–Crippen LogP) is 3.99. The third-order valence-corrected chi connectivity index (χ3v) is 5.43. The number of halogens is 2. The van der Waals surface area contributed by atoms with Crippen molar-refractivity contribution < 1.29 is 23.5 Å². The van der Waals surface area contributed by atoms with Gasteiger partial charge in [0.05, 0.1) is 5.92 Å². The number of hydrogen-bond donors (Lipinski definition) is 1. The molecule has 0 radical (unpaired) electrons. The normalized spacial score (nSPS) is 15.9. The van der Waals surface area contributed by atoms with Crippen molar-refractivity contribution in [1.29, 1.82) is 0 Å². The van der Waals surface area contributed by atoms with Crippen LogP contribution in [0.2, 0.25) is 0 Å². The minimum Gasteiger partial charge on any atom is -0.455 e. The lowest BCUT2D eigenvalue weighted by molar-refractivity contribution is -0.151. The minimum atomic E-state index is -0.670. The summed E-state index contributed by atoms with van der Waals surface area (Å²) < 4.78 is 19.2. The molecule has 0 aliphatic carbocycles. The van der Waals surface area contributed by atoms with Crippen molar-refractivity contribution in [2.24, 2.45) is 5.92 Å². The van der Waals surface area contributed by atoms with Gasteiger partial charge in [0.25, 0.3) is 5.91 Å². The number of hydrogen-bond acceptors (Lipinski definition) is 4. The molecule has 1 atom stereocenters. The number of rotatable bonds is 6. The second-order valence-electron chi connectivity index (χ2n) is 7.15. The number of esters is 1. The molecule has 1 saturated heterocycles. The number of carbonyl (C=O) groups excluding carboxylic acids is 3. The summed E-state index contributed by atoms with van der Waals surface area (Å²) in [4.78, 5) is 38.3. The Balaban J connectivity index is 1.56. The van der Waals surface area contributed by atoms with E-state index in [0.717, 1.165) is 22.0 Å². The van der Waals surface area contributed by atoms with E-state index in [9.17, 15) is 18.8 Å². The summed E-state index contributed by atoms with van der Waals surface area (Å²) in [5, 5.41) is 2.80. The summed E-state index contributed by atoms with van der Waals surface area (Å²) >= 11 is 3.44. The Hall–Kier alpha value is -2.74. The topological polar surface area (TPSA) is 75.7 Å². The van der Waals surface area contributed by atoms with Crippen LogP contribution >= 0.6 is 15.9 Å². The van der Waals surface area contributed by atoms with Gasteiger partial charge in [-0.2, -0.15) is 0 Å². The van der Waals surface area contributed by atoms with Crippen molar-refractivity contribution in [2.75, 3.05) is 23.4 Å². The average molecular weight is 477 g/mol. The highest BCUT2D eigenvalue weighted by Crippen LogP contribution is 2.27. The molecular formula is C22H22BrFN2O4. The number of carbonyl (C=O) groups is 3. The van der Waals surface area contributed by atoms with Gasteiger partial charge in [-0.25, -0.2) is 4.39 Å². The molecule has 0 saturated carbocycles. The molecule has 1 aliphatic heterocycles. The first-order valence-corrected chi connectivity index (χ1v) is 10.4. The number of anilines is 2. The maximum absolute atomic E-state index is 13.1. The van der Waals surface area contributed by atoms with Gasteiger partial charge >= 0.3 is 5.97 Å². The Kier molecular flexibility index (Phi) is 6.87. The quantitative estimate of drug-likeness (QED) is 0.639. The molecule has 2 amide bonds. The highest BCUT2D eigenvalue weighted by Gasteiger charge is 2.36. The van der Waals surface area contributed by atoms with E-state index in [-0.39, 0.29) is 18.9 Å². The van der Waals surface area contributed by atoms with Gasteiger partial charge in [-0.1, -0.05) is 22.9 Å². The van der Waals surface area contributed by atoms with Crippen molar-refractivity contribution in [3.63, 3.8) is 0 Å². The Bertz CT molecular complexity index is 978. The second-order valence-corrected chi connectivity index (χ2v) is 8.06. The van der Waals surface area contributed by atoms with Crippen molar-refractivity contribution in [1.82, 2.24) is 0 Å². The smallest absolute Gasteiger partial charge is 0.311 e. The van der Waals surface area contributed by atoms with Gasteiger partial charge in [-0.15, -0.1) is 0 Å². The number of amides is 2. The first-order chi connectivity index (χ1) is 14.3. The van der Waals surface area contributed by atoms with Crippen LogP contribution in [-0.4, -0.2) is 30.9 Å². The van der Waals surface area contributed by atoms with Crippen molar-refractivity contribution in [2.45, 2.75) is 26.7 Å². The maximum atomic E-state index is 13.1. The van der Waals surface area contributed by atoms with Gasteiger partial charge in [-0.05, 0) is 60.9 Å². The van der Waals surface area contributed by atoms with Crippen LogP contribution < -0.4 is 10.2 Å². The zero-order chi connectivity index (χ0) is 21.8. The average Bonchev–Trinajstić information content (AvgIpc) is 3.10. The minimum absolute atomic E-state index is 0.0103. The fourth-order valence-electron chi connectivity index (χ4n) is 3.44. The number of nitrogens with one attached hydrogen (secondary N) is 1. The molecule has 6 nitrogen and oxygen atoms in total. The van der Waals surface area contributed by atoms with Crippen LogP contribution in [0, 0.1) is 18.7 Å². The molecule has 158 valence electrons. The first kappa shape index (κ1) is 22.0. The van der Waals surface area contributed by atoms with E-state index in [0.29, 0.717) is 11.4 Å². The molecular weight excluding hydrogens is 455 g/mol. The summed E-state index contributed by atoms with van der Waals surface area (Å²) in [6, 6.07) is 9.32. The number of nitrogens with zero attached hydrogens (tertiary/aromatic N) is 1. The third-order valence-electron chi connectivity index (χ3n) is 4.97. The second kappa shape index (κ2) is 9.38. The van der Waals surface area contributed by atoms with Crippen LogP contribution in [0.1, 0.15) is 24.5 Å². The predicted molar refractivity (Wildman–Crippen MR) is 115 cm³/mol. The van der Waals surface area contributed by atoms with E-state index >= 15 is 0 Å².